The summed E-state index contributed by atoms with van der Waals surface area (Å²) in [5, 5.41) is 1.76. The highest BCUT2D eigenvalue weighted by Gasteiger charge is 2.29. The van der Waals surface area contributed by atoms with Crippen LogP contribution < -0.4 is 4.90 Å². The maximum atomic E-state index is 12.3. The number of hydrogen-bond donors (Lipinski definition) is 0. The van der Waals surface area contributed by atoms with E-state index in [0.29, 0.717) is 18.0 Å². The van der Waals surface area contributed by atoms with E-state index in [4.69, 9.17) is 11.6 Å². The van der Waals surface area contributed by atoms with Crippen LogP contribution in [0.5, 0.6) is 0 Å². The minimum absolute atomic E-state index is 0.0285. The molecule has 1 amide bonds. The van der Waals surface area contributed by atoms with Crippen molar-refractivity contribution >= 4 is 40.4 Å². The second kappa shape index (κ2) is 6.54. The van der Waals surface area contributed by atoms with E-state index in [2.05, 4.69) is 17.6 Å². The summed E-state index contributed by atoms with van der Waals surface area (Å²) >= 11 is 6.09. The normalized spacial score (nSPS) is 13.3. The van der Waals surface area contributed by atoms with Gasteiger partial charge in [0.1, 0.15) is 6.29 Å². The Kier molecular flexibility index (Phi) is 4.31. The first kappa shape index (κ1) is 17.8. The van der Waals surface area contributed by atoms with Gasteiger partial charge in [0, 0.05) is 42.5 Å². The SMILES string of the molecule is CC(=O)N1CCn2c(C)cc3c(-c4ccc(Cl)cc4)c(CC=O)c(C)c1c32. The lowest BCUT2D eigenvalue weighted by Gasteiger charge is -2.32. The molecule has 0 saturated carbocycles. The standard InChI is InChI=1S/C22H21ClN2O2/c1-13-12-19-20(16-4-6-17(23)7-5-16)18(8-11-26)14(2)21-22(19)24(13)9-10-25(21)15(3)27/h4-7,11-12H,8-10H2,1-3H3. The molecule has 1 aliphatic rings. The first-order valence-electron chi connectivity index (χ1n) is 9.07. The molecule has 0 bridgehead atoms. The molecule has 27 heavy (non-hydrogen) atoms. The van der Waals surface area contributed by atoms with Gasteiger partial charge in [0.05, 0.1) is 11.2 Å². The average molecular weight is 381 g/mol. The van der Waals surface area contributed by atoms with E-state index in [-0.39, 0.29) is 5.91 Å². The predicted octanol–water partition coefficient (Wildman–Crippen LogP) is 4.69. The molecule has 4 rings (SSSR count). The Morgan fingerprint density at radius 2 is 1.89 bits per heavy atom. The number of amides is 1. The summed E-state index contributed by atoms with van der Waals surface area (Å²) in [6.45, 7) is 7.13. The van der Waals surface area contributed by atoms with Gasteiger partial charge < -0.3 is 14.3 Å². The van der Waals surface area contributed by atoms with Crippen LogP contribution in [-0.2, 0) is 22.6 Å². The second-order valence-corrected chi connectivity index (χ2v) is 7.51. The summed E-state index contributed by atoms with van der Waals surface area (Å²) in [5.74, 6) is 0.0285. The fraction of sp³-hybridized carbons (Fsp3) is 0.273. The molecule has 1 aliphatic heterocycles. The Morgan fingerprint density at radius 3 is 2.52 bits per heavy atom. The van der Waals surface area contributed by atoms with Crippen LogP contribution in [0.15, 0.2) is 30.3 Å². The number of anilines is 1. The number of nitrogens with zero attached hydrogens (tertiary/aromatic N) is 2. The molecule has 2 aromatic carbocycles. The van der Waals surface area contributed by atoms with Gasteiger partial charge in [-0.2, -0.15) is 0 Å². The van der Waals surface area contributed by atoms with Gasteiger partial charge in [-0.25, -0.2) is 0 Å². The van der Waals surface area contributed by atoms with Crippen LogP contribution in [0, 0.1) is 13.8 Å². The molecule has 0 spiro atoms. The summed E-state index contributed by atoms with van der Waals surface area (Å²) in [5.41, 5.74) is 7.23. The predicted molar refractivity (Wildman–Crippen MR) is 110 cm³/mol. The molecule has 1 aromatic heterocycles. The Hall–Kier alpha value is -2.59. The quantitative estimate of drug-likeness (QED) is 0.619. The Morgan fingerprint density at radius 1 is 1.19 bits per heavy atom. The van der Waals surface area contributed by atoms with Crippen molar-refractivity contribution in [2.45, 2.75) is 33.7 Å². The van der Waals surface area contributed by atoms with Gasteiger partial charge in [-0.15, -0.1) is 0 Å². The van der Waals surface area contributed by atoms with E-state index in [1.807, 2.05) is 36.1 Å². The second-order valence-electron chi connectivity index (χ2n) is 7.08. The lowest BCUT2D eigenvalue weighted by molar-refractivity contribution is -0.116. The first-order chi connectivity index (χ1) is 12.9. The van der Waals surface area contributed by atoms with Gasteiger partial charge in [-0.1, -0.05) is 23.7 Å². The smallest absolute Gasteiger partial charge is 0.223 e. The number of carbonyl (C=O) groups is 2. The Balaban J connectivity index is 2.16. The lowest BCUT2D eigenvalue weighted by atomic mass is 9.89. The lowest BCUT2D eigenvalue weighted by Crippen LogP contribution is -2.36. The van der Waals surface area contributed by atoms with Crippen molar-refractivity contribution in [1.82, 2.24) is 4.57 Å². The Bertz CT molecular complexity index is 1080. The maximum Gasteiger partial charge on any atom is 0.223 e. The number of aryl methyl sites for hydroxylation is 1. The number of aldehydes is 1. The topological polar surface area (TPSA) is 42.3 Å². The highest BCUT2D eigenvalue weighted by atomic mass is 35.5. The summed E-state index contributed by atoms with van der Waals surface area (Å²) in [4.78, 5) is 25.6. The molecule has 3 aromatic rings. The fourth-order valence-electron chi connectivity index (χ4n) is 4.32. The van der Waals surface area contributed by atoms with Gasteiger partial charge in [-0.05, 0) is 54.3 Å². The number of hydrogen-bond acceptors (Lipinski definition) is 2. The average Bonchev–Trinajstić information content (AvgIpc) is 2.97. The molecule has 0 radical (unpaired) electrons. The zero-order valence-electron chi connectivity index (χ0n) is 15.7. The van der Waals surface area contributed by atoms with Crippen molar-refractivity contribution in [3.63, 3.8) is 0 Å². The molecular weight excluding hydrogens is 360 g/mol. The monoisotopic (exact) mass is 380 g/mol. The van der Waals surface area contributed by atoms with Gasteiger partial charge in [0.25, 0.3) is 0 Å². The summed E-state index contributed by atoms with van der Waals surface area (Å²) in [7, 11) is 0. The number of aromatic nitrogens is 1. The third-order valence-corrected chi connectivity index (χ3v) is 5.78. The van der Waals surface area contributed by atoms with Gasteiger partial charge in [0.2, 0.25) is 5.91 Å². The van der Waals surface area contributed by atoms with E-state index >= 15 is 0 Å². The van der Waals surface area contributed by atoms with E-state index < -0.39 is 0 Å². The van der Waals surface area contributed by atoms with Crippen molar-refractivity contribution < 1.29 is 9.59 Å². The van der Waals surface area contributed by atoms with E-state index in [1.54, 1.807) is 6.92 Å². The zero-order valence-corrected chi connectivity index (χ0v) is 16.4. The van der Waals surface area contributed by atoms with Crippen molar-refractivity contribution in [2.24, 2.45) is 0 Å². The molecule has 0 N–H and O–H groups in total. The van der Waals surface area contributed by atoms with Crippen LogP contribution in [0.3, 0.4) is 0 Å². The fourth-order valence-corrected chi connectivity index (χ4v) is 4.45. The third kappa shape index (κ3) is 2.67. The number of carbonyl (C=O) groups excluding carboxylic acids is 2. The van der Waals surface area contributed by atoms with Crippen molar-refractivity contribution in [3.05, 3.63) is 52.2 Å². The first-order valence-corrected chi connectivity index (χ1v) is 9.44. The van der Waals surface area contributed by atoms with Crippen LogP contribution in [0.4, 0.5) is 5.69 Å². The maximum absolute atomic E-state index is 12.3. The molecule has 0 saturated heterocycles. The van der Waals surface area contributed by atoms with Crippen molar-refractivity contribution in [3.8, 4) is 11.1 Å². The van der Waals surface area contributed by atoms with E-state index in [0.717, 1.165) is 57.4 Å². The molecular formula is C22H21ClN2O2. The van der Waals surface area contributed by atoms with Gasteiger partial charge >= 0.3 is 0 Å². The molecule has 4 nitrogen and oxygen atoms in total. The molecule has 138 valence electrons. The third-order valence-electron chi connectivity index (χ3n) is 5.52. The van der Waals surface area contributed by atoms with E-state index in [9.17, 15) is 9.59 Å². The van der Waals surface area contributed by atoms with E-state index in [1.165, 1.54) is 0 Å². The van der Waals surface area contributed by atoms with Gasteiger partial charge in [-0.3, -0.25) is 4.79 Å². The van der Waals surface area contributed by atoms with Crippen LogP contribution in [0.2, 0.25) is 5.02 Å². The van der Waals surface area contributed by atoms with Gasteiger partial charge in [0.15, 0.2) is 0 Å². The highest BCUT2D eigenvalue weighted by molar-refractivity contribution is 6.30. The van der Waals surface area contributed by atoms with Crippen LogP contribution in [0.1, 0.15) is 23.7 Å². The molecule has 0 aliphatic carbocycles. The van der Waals surface area contributed by atoms with Crippen LogP contribution in [0.25, 0.3) is 22.0 Å². The number of rotatable bonds is 3. The highest BCUT2D eigenvalue weighted by Crippen LogP contribution is 2.44. The summed E-state index contributed by atoms with van der Waals surface area (Å²) < 4.78 is 2.28. The minimum atomic E-state index is 0.0285. The minimum Gasteiger partial charge on any atom is -0.341 e. The molecule has 5 heteroatoms. The van der Waals surface area contributed by atoms with Crippen LogP contribution >= 0.6 is 11.6 Å². The summed E-state index contributed by atoms with van der Waals surface area (Å²) in [6, 6.07) is 9.89. The number of benzene rings is 2. The molecule has 0 fully saturated rings. The van der Waals surface area contributed by atoms with Crippen molar-refractivity contribution in [2.75, 3.05) is 11.4 Å². The molecule has 0 atom stereocenters. The largest absolute Gasteiger partial charge is 0.341 e. The molecule has 2 heterocycles. The van der Waals surface area contributed by atoms with Crippen LogP contribution in [-0.4, -0.2) is 23.3 Å². The van der Waals surface area contributed by atoms with Crippen molar-refractivity contribution in [1.29, 1.82) is 0 Å². The zero-order chi connectivity index (χ0) is 19.3. The summed E-state index contributed by atoms with van der Waals surface area (Å²) in [6.07, 6.45) is 1.24. The Labute approximate surface area is 163 Å². The molecule has 0 unspecified atom stereocenters. The number of halogens is 1.